The molecule has 0 atom stereocenters. The first-order chi connectivity index (χ1) is 8.78. The summed E-state index contributed by atoms with van der Waals surface area (Å²) in [5, 5.41) is 4.05. The van der Waals surface area contributed by atoms with Crippen LogP contribution in [0, 0.1) is 5.92 Å². The highest BCUT2D eigenvalue weighted by atomic mass is 16.5. The van der Waals surface area contributed by atoms with E-state index in [0.29, 0.717) is 18.3 Å². The fourth-order valence-corrected chi connectivity index (χ4v) is 2.29. The van der Waals surface area contributed by atoms with E-state index in [4.69, 9.17) is 15.0 Å². The highest BCUT2D eigenvalue weighted by molar-refractivity contribution is 5.05. The summed E-state index contributed by atoms with van der Waals surface area (Å²) in [6.07, 6.45) is 4.10. The van der Waals surface area contributed by atoms with Crippen LogP contribution in [0.5, 0.6) is 0 Å². The zero-order valence-corrected chi connectivity index (χ0v) is 12.4. The lowest BCUT2D eigenvalue weighted by Gasteiger charge is -2.33. The van der Waals surface area contributed by atoms with Gasteiger partial charge in [0.05, 0.1) is 11.1 Å². The van der Waals surface area contributed by atoms with E-state index >= 15 is 0 Å². The van der Waals surface area contributed by atoms with Crippen LogP contribution in [0.25, 0.3) is 0 Å². The Hall–Kier alpha value is -0.940. The molecule has 19 heavy (non-hydrogen) atoms. The molecule has 1 fully saturated rings. The van der Waals surface area contributed by atoms with Crippen LogP contribution in [0.4, 0.5) is 0 Å². The van der Waals surface area contributed by atoms with Gasteiger partial charge in [0.1, 0.15) is 6.61 Å². The van der Waals surface area contributed by atoms with Gasteiger partial charge in [-0.2, -0.15) is 4.98 Å². The predicted molar refractivity (Wildman–Crippen MR) is 72.3 cm³/mol. The molecule has 0 amide bonds. The normalized spacial score (nSPS) is 28.6. The highest BCUT2D eigenvalue weighted by Crippen LogP contribution is 2.35. The molecule has 0 aliphatic heterocycles. The van der Waals surface area contributed by atoms with Crippen molar-refractivity contribution in [3.63, 3.8) is 0 Å². The number of nitrogens with zero attached hydrogens (tertiary/aromatic N) is 2. The molecule has 1 aromatic rings. The van der Waals surface area contributed by atoms with E-state index in [1.807, 2.05) is 20.8 Å². The van der Waals surface area contributed by atoms with Crippen LogP contribution >= 0.6 is 0 Å². The Kier molecular flexibility index (Phi) is 3.97. The Morgan fingerprint density at radius 2 is 2.00 bits per heavy atom. The third-order valence-corrected chi connectivity index (χ3v) is 3.71. The van der Waals surface area contributed by atoms with Crippen molar-refractivity contribution >= 4 is 0 Å². The third kappa shape index (κ3) is 3.76. The number of nitrogens with two attached hydrogens (primary N) is 1. The molecule has 2 rings (SSSR count). The Labute approximate surface area is 114 Å². The molecule has 5 heteroatoms. The van der Waals surface area contributed by atoms with E-state index in [1.165, 1.54) is 0 Å². The minimum atomic E-state index is -0.421. The largest absolute Gasteiger partial charge is 0.366 e. The molecule has 0 bridgehead atoms. The maximum absolute atomic E-state index is 6.41. The lowest BCUT2D eigenvalue weighted by Crippen LogP contribution is -2.41. The SMILES string of the molecule is CC1CCC(N)(c2noc(COC(C)(C)C)n2)CC1. The van der Waals surface area contributed by atoms with Gasteiger partial charge in [-0.3, -0.25) is 0 Å². The fourth-order valence-electron chi connectivity index (χ4n) is 2.29. The second-order valence-electron chi connectivity index (χ2n) is 6.75. The summed E-state index contributed by atoms with van der Waals surface area (Å²) >= 11 is 0. The first kappa shape index (κ1) is 14.5. The third-order valence-electron chi connectivity index (χ3n) is 3.71. The summed E-state index contributed by atoms with van der Waals surface area (Å²) in [6, 6.07) is 0. The molecule has 1 aliphatic carbocycles. The smallest absolute Gasteiger partial charge is 0.252 e. The first-order valence-corrected chi connectivity index (χ1v) is 7.04. The number of hydrogen-bond donors (Lipinski definition) is 1. The second kappa shape index (κ2) is 5.21. The van der Waals surface area contributed by atoms with Gasteiger partial charge in [-0.25, -0.2) is 0 Å². The van der Waals surface area contributed by atoms with Crippen molar-refractivity contribution in [1.29, 1.82) is 0 Å². The molecule has 1 aromatic heterocycles. The van der Waals surface area contributed by atoms with Crippen molar-refractivity contribution in [2.75, 3.05) is 0 Å². The number of rotatable bonds is 3. The van der Waals surface area contributed by atoms with E-state index in [0.717, 1.165) is 31.6 Å². The zero-order valence-electron chi connectivity index (χ0n) is 12.4. The van der Waals surface area contributed by atoms with Crippen LogP contribution in [0.2, 0.25) is 0 Å². The molecule has 2 N–H and O–H groups in total. The number of aromatic nitrogens is 2. The standard InChI is InChI=1S/C14H25N3O2/c1-10-5-7-14(15,8-6-10)12-16-11(19-17-12)9-18-13(2,3)4/h10H,5-9,15H2,1-4H3. The van der Waals surface area contributed by atoms with Crippen molar-refractivity contribution in [3.05, 3.63) is 11.7 Å². The molecule has 0 spiro atoms. The second-order valence-corrected chi connectivity index (χ2v) is 6.75. The molecule has 1 saturated carbocycles. The Morgan fingerprint density at radius 1 is 1.37 bits per heavy atom. The van der Waals surface area contributed by atoms with E-state index in [-0.39, 0.29) is 5.60 Å². The zero-order chi connectivity index (χ0) is 14.1. The highest BCUT2D eigenvalue weighted by Gasteiger charge is 2.36. The average molecular weight is 267 g/mol. The Balaban J connectivity index is 2.00. The summed E-state index contributed by atoms with van der Waals surface area (Å²) in [4.78, 5) is 4.41. The minimum Gasteiger partial charge on any atom is -0.366 e. The molecule has 1 heterocycles. The van der Waals surface area contributed by atoms with Gasteiger partial charge >= 0.3 is 0 Å². The lowest BCUT2D eigenvalue weighted by molar-refractivity contribution is -0.0260. The van der Waals surface area contributed by atoms with Crippen molar-refractivity contribution in [3.8, 4) is 0 Å². The summed E-state index contributed by atoms with van der Waals surface area (Å²) < 4.78 is 10.9. The van der Waals surface area contributed by atoms with Gasteiger partial charge in [-0.1, -0.05) is 12.1 Å². The number of ether oxygens (including phenoxy) is 1. The van der Waals surface area contributed by atoms with Crippen molar-refractivity contribution in [2.45, 2.75) is 71.1 Å². The Bertz CT molecular complexity index is 415. The van der Waals surface area contributed by atoms with Crippen LogP contribution in [0.1, 0.15) is 65.1 Å². The summed E-state index contributed by atoms with van der Waals surface area (Å²) in [5.41, 5.74) is 5.78. The molecule has 0 unspecified atom stereocenters. The quantitative estimate of drug-likeness (QED) is 0.911. The molecule has 5 nitrogen and oxygen atoms in total. The lowest BCUT2D eigenvalue weighted by atomic mass is 9.77. The van der Waals surface area contributed by atoms with E-state index in [9.17, 15) is 0 Å². The maximum Gasteiger partial charge on any atom is 0.252 e. The topological polar surface area (TPSA) is 74.2 Å². The maximum atomic E-state index is 6.41. The molecule has 0 radical (unpaired) electrons. The molecule has 0 saturated heterocycles. The van der Waals surface area contributed by atoms with Gasteiger partial charge in [0.15, 0.2) is 5.82 Å². The van der Waals surface area contributed by atoms with Gasteiger partial charge < -0.3 is 15.0 Å². The molecular weight excluding hydrogens is 242 g/mol. The molecule has 108 valence electrons. The van der Waals surface area contributed by atoms with Crippen molar-refractivity contribution in [2.24, 2.45) is 11.7 Å². The van der Waals surface area contributed by atoms with Gasteiger partial charge in [0.25, 0.3) is 5.89 Å². The van der Waals surface area contributed by atoms with Crippen LogP contribution in [-0.4, -0.2) is 15.7 Å². The average Bonchev–Trinajstić information content (AvgIpc) is 2.79. The molecule has 1 aliphatic rings. The van der Waals surface area contributed by atoms with Gasteiger partial charge in [-0.15, -0.1) is 0 Å². The van der Waals surface area contributed by atoms with Gasteiger partial charge in [0.2, 0.25) is 0 Å². The monoisotopic (exact) mass is 267 g/mol. The molecular formula is C14H25N3O2. The van der Waals surface area contributed by atoms with E-state index < -0.39 is 5.54 Å². The minimum absolute atomic E-state index is 0.213. The summed E-state index contributed by atoms with van der Waals surface area (Å²) in [6.45, 7) is 8.59. The van der Waals surface area contributed by atoms with Gasteiger partial charge in [-0.05, 0) is 52.4 Å². The van der Waals surface area contributed by atoms with Crippen molar-refractivity contribution < 1.29 is 9.26 Å². The Morgan fingerprint density at radius 3 is 2.58 bits per heavy atom. The van der Waals surface area contributed by atoms with Crippen LogP contribution in [0.3, 0.4) is 0 Å². The van der Waals surface area contributed by atoms with Crippen molar-refractivity contribution in [1.82, 2.24) is 10.1 Å². The summed E-state index contributed by atoms with van der Waals surface area (Å²) in [5.74, 6) is 1.88. The van der Waals surface area contributed by atoms with Crippen LogP contribution in [0.15, 0.2) is 4.52 Å². The fraction of sp³-hybridized carbons (Fsp3) is 0.857. The van der Waals surface area contributed by atoms with E-state index in [2.05, 4.69) is 17.1 Å². The van der Waals surface area contributed by atoms with Gasteiger partial charge in [0, 0.05) is 0 Å². The predicted octanol–water partition coefficient (Wildman–Crippen LogP) is 2.75. The first-order valence-electron chi connectivity index (χ1n) is 7.04. The molecule has 0 aromatic carbocycles. The van der Waals surface area contributed by atoms with Crippen LogP contribution < -0.4 is 5.73 Å². The number of hydrogen-bond acceptors (Lipinski definition) is 5. The van der Waals surface area contributed by atoms with Crippen LogP contribution in [-0.2, 0) is 16.9 Å². The summed E-state index contributed by atoms with van der Waals surface area (Å²) in [7, 11) is 0. The van der Waals surface area contributed by atoms with E-state index in [1.54, 1.807) is 0 Å².